The molecule has 0 saturated heterocycles. The first-order valence-electron chi connectivity index (χ1n) is 10.8. The van der Waals surface area contributed by atoms with Crippen molar-refractivity contribution in [3.8, 4) is 11.5 Å². The third-order valence-corrected chi connectivity index (χ3v) is 4.71. The Bertz CT molecular complexity index is 704. The summed E-state index contributed by atoms with van der Waals surface area (Å²) in [6.45, 7) is 5.38. The van der Waals surface area contributed by atoms with Crippen molar-refractivity contribution in [2.45, 2.75) is 58.8 Å². The van der Waals surface area contributed by atoms with Crippen LogP contribution >= 0.6 is 0 Å². The molecule has 2 rings (SSSR count). The van der Waals surface area contributed by atoms with E-state index in [1.165, 1.54) is 25.7 Å². The highest BCUT2D eigenvalue weighted by atomic mass is 16.7. The zero-order valence-electron chi connectivity index (χ0n) is 17.9. The van der Waals surface area contributed by atoms with Gasteiger partial charge in [0.15, 0.2) is 11.5 Å². The average molecular weight is 398 g/mol. The summed E-state index contributed by atoms with van der Waals surface area (Å²) in [7, 11) is 0. The van der Waals surface area contributed by atoms with Gasteiger partial charge in [0.1, 0.15) is 0 Å². The lowest BCUT2D eigenvalue weighted by Gasteiger charge is -2.04. The molecule has 0 unspecified atom stereocenters. The molecule has 29 heavy (non-hydrogen) atoms. The maximum atomic E-state index is 11.6. The van der Waals surface area contributed by atoms with Crippen molar-refractivity contribution in [1.82, 2.24) is 5.32 Å². The number of ether oxygens (including phenoxy) is 2. The third-order valence-electron chi connectivity index (χ3n) is 4.71. The maximum Gasteiger partial charge on any atom is 0.243 e. The predicted molar refractivity (Wildman–Crippen MR) is 120 cm³/mol. The van der Waals surface area contributed by atoms with Gasteiger partial charge in [-0.2, -0.15) is 0 Å². The summed E-state index contributed by atoms with van der Waals surface area (Å²) >= 11 is 0. The Labute approximate surface area is 175 Å². The van der Waals surface area contributed by atoms with Crippen LogP contribution < -0.4 is 14.8 Å². The van der Waals surface area contributed by atoms with Crippen LogP contribution in [0.4, 0.5) is 0 Å². The van der Waals surface area contributed by atoms with E-state index in [9.17, 15) is 4.79 Å². The molecule has 0 fully saturated rings. The molecule has 0 atom stereocenters. The van der Waals surface area contributed by atoms with E-state index in [0.29, 0.717) is 12.7 Å². The van der Waals surface area contributed by atoms with Crippen molar-refractivity contribution in [1.29, 1.82) is 0 Å². The quantitative estimate of drug-likeness (QED) is 0.251. The third kappa shape index (κ3) is 10.0. The fourth-order valence-corrected chi connectivity index (χ4v) is 2.97. The Hall–Kier alpha value is -2.49. The number of rotatable bonds is 13. The molecule has 0 aliphatic carbocycles. The second kappa shape index (κ2) is 13.6. The number of amides is 1. The normalized spacial score (nSPS) is 13.3. The molecule has 0 saturated carbocycles. The highest BCUT2D eigenvalue weighted by molar-refractivity contribution is 5.87. The van der Waals surface area contributed by atoms with Crippen LogP contribution in [0.1, 0.15) is 64.4 Å². The summed E-state index contributed by atoms with van der Waals surface area (Å²) in [5, 5.41) is 2.89. The zero-order chi connectivity index (χ0) is 20.7. The lowest BCUT2D eigenvalue weighted by molar-refractivity contribution is -0.116. The number of unbranched alkanes of at least 4 members (excludes halogenated alkanes) is 5. The van der Waals surface area contributed by atoms with Gasteiger partial charge in [0.2, 0.25) is 12.7 Å². The van der Waals surface area contributed by atoms with Crippen LogP contribution in [0, 0.1) is 5.92 Å². The van der Waals surface area contributed by atoms with Crippen LogP contribution in [0.5, 0.6) is 11.5 Å². The number of benzene rings is 1. The number of hydrogen-bond donors (Lipinski definition) is 1. The molecule has 1 aromatic carbocycles. The maximum absolute atomic E-state index is 11.6. The second-order valence-electron chi connectivity index (χ2n) is 7.77. The smallest absolute Gasteiger partial charge is 0.243 e. The molecule has 0 radical (unpaired) electrons. The van der Waals surface area contributed by atoms with Gasteiger partial charge in [-0.25, -0.2) is 0 Å². The molecule has 1 aliphatic heterocycles. The Morgan fingerprint density at radius 3 is 2.59 bits per heavy atom. The van der Waals surface area contributed by atoms with Crippen molar-refractivity contribution in [2.24, 2.45) is 5.92 Å². The summed E-state index contributed by atoms with van der Waals surface area (Å²) in [5.41, 5.74) is 1.15. The largest absolute Gasteiger partial charge is 0.454 e. The SMILES string of the molecule is CC(C)CCNC(=O)/C=C/C=C/CCCCCC/C=C/c1ccc2c(c1)OCO2. The van der Waals surface area contributed by atoms with E-state index in [-0.39, 0.29) is 5.91 Å². The number of allylic oxidation sites excluding steroid dienone is 4. The molecule has 1 aliphatic rings. The summed E-state index contributed by atoms with van der Waals surface area (Å²) in [4.78, 5) is 11.6. The van der Waals surface area contributed by atoms with E-state index < -0.39 is 0 Å². The fourth-order valence-electron chi connectivity index (χ4n) is 2.97. The van der Waals surface area contributed by atoms with E-state index in [2.05, 4.69) is 43.5 Å². The lowest BCUT2D eigenvalue weighted by atomic mass is 10.1. The predicted octanol–water partition coefficient (Wildman–Crippen LogP) is 6.04. The van der Waals surface area contributed by atoms with Gasteiger partial charge in [-0.15, -0.1) is 0 Å². The molecule has 4 heteroatoms. The van der Waals surface area contributed by atoms with E-state index >= 15 is 0 Å². The molecule has 4 nitrogen and oxygen atoms in total. The van der Waals surface area contributed by atoms with Crippen LogP contribution in [0.2, 0.25) is 0 Å². The molecule has 1 heterocycles. The van der Waals surface area contributed by atoms with Gasteiger partial charge in [-0.3, -0.25) is 4.79 Å². The van der Waals surface area contributed by atoms with E-state index in [0.717, 1.165) is 42.9 Å². The first-order valence-corrected chi connectivity index (χ1v) is 10.8. The van der Waals surface area contributed by atoms with Gasteiger partial charge in [-0.1, -0.05) is 63.1 Å². The van der Waals surface area contributed by atoms with Gasteiger partial charge in [0, 0.05) is 12.6 Å². The Kier molecular flexibility index (Phi) is 10.7. The molecular weight excluding hydrogens is 362 g/mol. The Morgan fingerprint density at radius 2 is 1.79 bits per heavy atom. The number of carbonyl (C=O) groups is 1. The Morgan fingerprint density at radius 1 is 1.03 bits per heavy atom. The first-order chi connectivity index (χ1) is 14.1. The van der Waals surface area contributed by atoms with Gasteiger partial charge >= 0.3 is 0 Å². The summed E-state index contributed by atoms with van der Waals surface area (Å²) in [5.74, 6) is 2.27. The molecule has 1 amide bonds. The summed E-state index contributed by atoms with van der Waals surface area (Å²) < 4.78 is 10.7. The highest BCUT2D eigenvalue weighted by Gasteiger charge is 2.11. The number of fused-ring (bicyclic) bond motifs is 1. The monoisotopic (exact) mass is 397 g/mol. The second-order valence-corrected chi connectivity index (χ2v) is 7.77. The number of nitrogens with one attached hydrogen (secondary N) is 1. The molecule has 0 spiro atoms. The molecule has 0 bridgehead atoms. The molecular formula is C25H35NO3. The van der Waals surface area contributed by atoms with Crippen LogP contribution in [0.25, 0.3) is 6.08 Å². The van der Waals surface area contributed by atoms with Crippen molar-refractivity contribution >= 4 is 12.0 Å². The fraction of sp³-hybridized carbons (Fsp3) is 0.480. The molecule has 1 N–H and O–H groups in total. The topological polar surface area (TPSA) is 47.6 Å². The summed E-state index contributed by atoms with van der Waals surface area (Å²) in [6.07, 6.45) is 20.0. The lowest BCUT2D eigenvalue weighted by Crippen LogP contribution is -2.23. The minimum absolute atomic E-state index is 0.0101. The van der Waals surface area contributed by atoms with Gasteiger partial charge in [-0.05, 0) is 55.7 Å². The standard InChI is InChI=1S/C25H35NO3/c1-21(2)17-18-26-25(27)14-12-10-8-6-4-3-5-7-9-11-13-22-15-16-23-24(19-22)29-20-28-23/h8,10-16,19,21H,3-7,9,17-18,20H2,1-2H3,(H,26,27)/b10-8+,13-11+,14-12+. The molecule has 1 aromatic rings. The minimum atomic E-state index is -0.0101. The van der Waals surface area contributed by atoms with Gasteiger partial charge in [0.05, 0.1) is 0 Å². The van der Waals surface area contributed by atoms with Crippen LogP contribution in [-0.4, -0.2) is 19.2 Å². The van der Waals surface area contributed by atoms with Crippen molar-refractivity contribution in [3.63, 3.8) is 0 Å². The van der Waals surface area contributed by atoms with Gasteiger partial charge in [0.25, 0.3) is 0 Å². The van der Waals surface area contributed by atoms with Crippen LogP contribution in [-0.2, 0) is 4.79 Å². The van der Waals surface area contributed by atoms with Gasteiger partial charge < -0.3 is 14.8 Å². The Balaban J connectivity index is 1.45. The molecule has 0 aromatic heterocycles. The zero-order valence-corrected chi connectivity index (χ0v) is 17.9. The summed E-state index contributed by atoms with van der Waals surface area (Å²) in [6, 6.07) is 6.04. The average Bonchev–Trinajstić information content (AvgIpc) is 3.16. The molecule has 158 valence electrons. The van der Waals surface area contributed by atoms with Crippen molar-refractivity contribution in [3.05, 3.63) is 54.1 Å². The van der Waals surface area contributed by atoms with Crippen molar-refractivity contribution < 1.29 is 14.3 Å². The van der Waals surface area contributed by atoms with Crippen molar-refractivity contribution in [2.75, 3.05) is 13.3 Å². The van der Waals surface area contributed by atoms with E-state index in [4.69, 9.17) is 9.47 Å². The first kappa shape index (κ1) is 22.8. The van der Waals surface area contributed by atoms with Crippen LogP contribution in [0.15, 0.2) is 48.6 Å². The van der Waals surface area contributed by atoms with E-state index in [1.54, 1.807) is 6.08 Å². The minimum Gasteiger partial charge on any atom is -0.454 e. The highest BCUT2D eigenvalue weighted by Crippen LogP contribution is 2.32. The van der Waals surface area contributed by atoms with Crippen LogP contribution in [0.3, 0.4) is 0 Å². The number of hydrogen-bond acceptors (Lipinski definition) is 3. The van der Waals surface area contributed by atoms with E-state index in [1.807, 2.05) is 24.3 Å². The number of carbonyl (C=O) groups excluding carboxylic acids is 1.